The fourth-order valence-electron chi connectivity index (χ4n) is 1.93. The molecule has 2 amide bonds. The van der Waals surface area contributed by atoms with Gasteiger partial charge >= 0.3 is 0 Å². The van der Waals surface area contributed by atoms with Crippen molar-refractivity contribution in [3.63, 3.8) is 0 Å². The number of amides is 2. The summed E-state index contributed by atoms with van der Waals surface area (Å²) in [6, 6.07) is 16.6. The summed E-state index contributed by atoms with van der Waals surface area (Å²) in [6.45, 7) is -0.124. The molecule has 2 aromatic carbocycles. The second-order valence-electron chi connectivity index (χ2n) is 5.01. The van der Waals surface area contributed by atoms with Gasteiger partial charge in [0.05, 0.1) is 26.3 Å². The molecule has 0 saturated carbocycles. The van der Waals surface area contributed by atoms with E-state index in [1.807, 2.05) is 42.5 Å². The molecule has 6 heteroatoms. The molecule has 2 N–H and O–H groups in total. The van der Waals surface area contributed by atoms with Crippen molar-refractivity contribution in [3.05, 3.63) is 65.7 Å². The number of benzene rings is 2. The van der Waals surface area contributed by atoms with Gasteiger partial charge in [-0.05, 0) is 23.3 Å². The Morgan fingerprint density at radius 1 is 1.04 bits per heavy atom. The molecule has 0 aliphatic rings. The summed E-state index contributed by atoms with van der Waals surface area (Å²) in [5, 5.41) is 6.38. The van der Waals surface area contributed by atoms with Crippen LogP contribution in [0.5, 0.6) is 5.75 Å². The van der Waals surface area contributed by atoms with E-state index in [1.165, 1.54) is 6.21 Å². The van der Waals surface area contributed by atoms with Gasteiger partial charge in [0.15, 0.2) is 0 Å². The lowest BCUT2D eigenvalue weighted by Gasteiger charge is -2.05. The highest BCUT2D eigenvalue weighted by Gasteiger charge is 2.06. The molecule has 6 nitrogen and oxygen atoms in total. The van der Waals surface area contributed by atoms with Crippen molar-refractivity contribution >= 4 is 18.0 Å². The van der Waals surface area contributed by atoms with Crippen LogP contribution in [0.2, 0.25) is 0 Å². The van der Waals surface area contributed by atoms with E-state index in [0.29, 0.717) is 0 Å². The van der Waals surface area contributed by atoms with Crippen molar-refractivity contribution in [2.45, 2.75) is 6.42 Å². The van der Waals surface area contributed by atoms with Gasteiger partial charge in [-0.3, -0.25) is 9.59 Å². The molecule has 0 bridgehead atoms. The number of hydrazone groups is 1. The van der Waals surface area contributed by atoms with E-state index in [2.05, 4.69) is 15.8 Å². The van der Waals surface area contributed by atoms with Crippen molar-refractivity contribution in [3.8, 4) is 5.75 Å². The van der Waals surface area contributed by atoms with Crippen LogP contribution in [-0.2, 0) is 16.0 Å². The Kier molecular flexibility index (Phi) is 6.52. The van der Waals surface area contributed by atoms with Gasteiger partial charge in [0.25, 0.3) is 5.91 Å². The summed E-state index contributed by atoms with van der Waals surface area (Å²) in [4.78, 5) is 23.4. The van der Waals surface area contributed by atoms with E-state index in [1.54, 1.807) is 19.2 Å². The molecular weight excluding hydrogens is 306 g/mol. The first-order chi connectivity index (χ1) is 11.7. The maximum absolute atomic E-state index is 11.8. The van der Waals surface area contributed by atoms with Crippen LogP contribution in [0.15, 0.2) is 59.7 Å². The lowest BCUT2D eigenvalue weighted by atomic mass is 10.1. The molecule has 0 aliphatic carbocycles. The van der Waals surface area contributed by atoms with Gasteiger partial charge in [0, 0.05) is 0 Å². The minimum Gasteiger partial charge on any atom is -0.497 e. The third kappa shape index (κ3) is 5.92. The Balaban J connectivity index is 1.70. The lowest BCUT2D eigenvalue weighted by molar-refractivity contribution is -0.125. The number of ether oxygens (including phenoxy) is 1. The molecule has 0 radical (unpaired) electrons. The molecule has 24 heavy (non-hydrogen) atoms. The second kappa shape index (κ2) is 9.09. The minimum absolute atomic E-state index is 0.124. The zero-order chi connectivity index (χ0) is 17.2. The molecule has 2 rings (SSSR count). The number of hydrogen-bond donors (Lipinski definition) is 2. The van der Waals surface area contributed by atoms with Crippen LogP contribution in [0.25, 0.3) is 0 Å². The number of nitrogens with zero attached hydrogens (tertiary/aromatic N) is 1. The van der Waals surface area contributed by atoms with Gasteiger partial charge in [0.2, 0.25) is 5.91 Å². The highest BCUT2D eigenvalue weighted by Crippen LogP contribution is 2.11. The van der Waals surface area contributed by atoms with Crippen molar-refractivity contribution < 1.29 is 14.3 Å². The van der Waals surface area contributed by atoms with Gasteiger partial charge < -0.3 is 10.1 Å². The maximum atomic E-state index is 11.8. The Bertz CT molecular complexity index is 697. The van der Waals surface area contributed by atoms with E-state index >= 15 is 0 Å². The predicted molar refractivity (Wildman–Crippen MR) is 91.9 cm³/mol. The van der Waals surface area contributed by atoms with Gasteiger partial charge in [0.1, 0.15) is 5.75 Å². The standard InChI is InChI=1S/C18H19N3O3/c1-24-16-9-7-14(8-10-16)11-17(22)19-13-18(23)21-20-12-15-5-3-2-4-6-15/h2-10,12H,11,13H2,1H3,(H,19,22)(H,21,23)/b20-12-. The van der Waals surface area contributed by atoms with E-state index in [0.717, 1.165) is 16.9 Å². The van der Waals surface area contributed by atoms with Crippen molar-refractivity contribution in [1.29, 1.82) is 0 Å². The van der Waals surface area contributed by atoms with Gasteiger partial charge in [-0.15, -0.1) is 0 Å². The molecule has 0 atom stereocenters. The molecule has 2 aromatic rings. The van der Waals surface area contributed by atoms with Gasteiger partial charge in [-0.2, -0.15) is 5.10 Å². The lowest BCUT2D eigenvalue weighted by Crippen LogP contribution is -2.35. The first-order valence-corrected chi connectivity index (χ1v) is 7.44. The first kappa shape index (κ1) is 17.2. The maximum Gasteiger partial charge on any atom is 0.259 e. The summed E-state index contributed by atoms with van der Waals surface area (Å²) in [5.41, 5.74) is 4.08. The zero-order valence-corrected chi connectivity index (χ0v) is 13.4. The number of rotatable bonds is 7. The van der Waals surface area contributed by atoms with E-state index in [-0.39, 0.29) is 24.8 Å². The summed E-state index contributed by atoms with van der Waals surface area (Å²) in [7, 11) is 1.58. The third-order valence-corrected chi connectivity index (χ3v) is 3.17. The Hall–Kier alpha value is -3.15. The average molecular weight is 325 g/mol. The Morgan fingerprint density at radius 3 is 2.42 bits per heavy atom. The fraction of sp³-hybridized carbons (Fsp3) is 0.167. The van der Waals surface area contributed by atoms with Crippen LogP contribution in [0.3, 0.4) is 0 Å². The molecule has 0 fully saturated rings. The summed E-state index contributed by atoms with van der Waals surface area (Å²) in [6.07, 6.45) is 1.74. The first-order valence-electron chi connectivity index (χ1n) is 7.44. The van der Waals surface area contributed by atoms with Crippen LogP contribution in [0, 0.1) is 0 Å². The SMILES string of the molecule is COc1ccc(CC(=O)NCC(=O)N/N=C\c2ccccc2)cc1. The molecular formula is C18H19N3O3. The number of carbonyl (C=O) groups is 2. The molecule has 0 unspecified atom stereocenters. The minimum atomic E-state index is -0.384. The average Bonchev–Trinajstić information content (AvgIpc) is 2.61. The molecule has 0 heterocycles. The van der Waals surface area contributed by atoms with Crippen LogP contribution >= 0.6 is 0 Å². The molecule has 0 aliphatic heterocycles. The highest BCUT2D eigenvalue weighted by atomic mass is 16.5. The Labute approximate surface area is 140 Å². The number of methoxy groups -OCH3 is 1. The molecule has 0 aromatic heterocycles. The summed E-state index contributed by atoms with van der Waals surface area (Å²) < 4.78 is 5.06. The number of hydrogen-bond acceptors (Lipinski definition) is 4. The smallest absolute Gasteiger partial charge is 0.259 e. The van der Waals surface area contributed by atoms with E-state index in [9.17, 15) is 9.59 Å². The van der Waals surface area contributed by atoms with E-state index in [4.69, 9.17) is 4.74 Å². The van der Waals surface area contributed by atoms with Crippen LogP contribution in [0.4, 0.5) is 0 Å². The topological polar surface area (TPSA) is 79.8 Å². The zero-order valence-electron chi connectivity index (χ0n) is 13.4. The number of nitrogens with one attached hydrogen (secondary N) is 2. The monoisotopic (exact) mass is 325 g/mol. The van der Waals surface area contributed by atoms with Crippen LogP contribution in [-0.4, -0.2) is 31.7 Å². The third-order valence-electron chi connectivity index (χ3n) is 3.17. The predicted octanol–water partition coefficient (Wildman–Crippen LogP) is 1.50. The van der Waals surface area contributed by atoms with E-state index < -0.39 is 0 Å². The summed E-state index contributed by atoms with van der Waals surface area (Å²) >= 11 is 0. The summed E-state index contributed by atoms with van der Waals surface area (Å²) in [5.74, 6) is 0.113. The quantitative estimate of drug-likeness (QED) is 0.598. The number of carbonyl (C=O) groups excluding carboxylic acids is 2. The highest BCUT2D eigenvalue weighted by molar-refractivity contribution is 5.86. The van der Waals surface area contributed by atoms with Crippen LogP contribution < -0.4 is 15.5 Å². The molecule has 0 saturated heterocycles. The Morgan fingerprint density at radius 2 is 1.75 bits per heavy atom. The van der Waals surface area contributed by atoms with Crippen LogP contribution in [0.1, 0.15) is 11.1 Å². The normalized spacial score (nSPS) is 10.4. The van der Waals surface area contributed by atoms with Gasteiger partial charge in [-0.25, -0.2) is 5.43 Å². The fourth-order valence-corrected chi connectivity index (χ4v) is 1.93. The van der Waals surface area contributed by atoms with Crippen molar-refractivity contribution in [2.24, 2.45) is 5.10 Å². The van der Waals surface area contributed by atoms with Crippen molar-refractivity contribution in [1.82, 2.24) is 10.7 Å². The molecule has 124 valence electrons. The largest absolute Gasteiger partial charge is 0.497 e. The second-order valence-corrected chi connectivity index (χ2v) is 5.01. The molecule has 0 spiro atoms. The van der Waals surface area contributed by atoms with Crippen molar-refractivity contribution in [2.75, 3.05) is 13.7 Å². The van der Waals surface area contributed by atoms with Gasteiger partial charge in [-0.1, -0.05) is 42.5 Å².